The van der Waals surface area contributed by atoms with Gasteiger partial charge in [-0.05, 0) is 37.1 Å². The number of aromatic nitrogens is 2. The highest BCUT2D eigenvalue weighted by Crippen LogP contribution is 2.43. The molecule has 0 aliphatic carbocycles. The van der Waals surface area contributed by atoms with E-state index in [-0.39, 0.29) is 17.9 Å². The lowest BCUT2D eigenvalue weighted by Gasteiger charge is -2.32. The van der Waals surface area contributed by atoms with Gasteiger partial charge in [0.15, 0.2) is 11.7 Å². The third kappa shape index (κ3) is 3.59. The number of anilines is 2. The lowest BCUT2D eigenvalue weighted by molar-refractivity contribution is -0.174. The minimum absolute atomic E-state index is 0.0931. The number of rotatable bonds is 3. The molecule has 4 rings (SSSR count). The van der Waals surface area contributed by atoms with Crippen LogP contribution >= 0.6 is 0 Å². The predicted molar refractivity (Wildman–Crippen MR) is 101 cm³/mol. The number of hydrogen-bond acceptors (Lipinski definition) is 4. The van der Waals surface area contributed by atoms with Gasteiger partial charge in [-0.25, -0.2) is 4.68 Å². The van der Waals surface area contributed by atoms with Gasteiger partial charge in [-0.2, -0.15) is 18.3 Å². The Bertz CT molecular complexity index is 1020. The van der Waals surface area contributed by atoms with Crippen LogP contribution in [-0.2, 0) is 0 Å². The number of alkyl halides is 3. The van der Waals surface area contributed by atoms with Crippen LogP contribution in [0, 0.1) is 13.8 Å². The van der Waals surface area contributed by atoms with Gasteiger partial charge in [-0.3, -0.25) is 4.79 Å². The summed E-state index contributed by atoms with van der Waals surface area (Å²) in [5.41, 5.74) is 2.24. The monoisotopic (exact) mass is 404 g/mol. The van der Waals surface area contributed by atoms with Crippen molar-refractivity contribution in [3.63, 3.8) is 0 Å². The normalized spacial score (nSPS) is 18.8. The number of aryl methyl sites for hydroxylation is 2. The van der Waals surface area contributed by atoms with Gasteiger partial charge in [0.1, 0.15) is 11.6 Å². The minimum Gasteiger partial charge on any atom is -0.467 e. The number of hydrogen-bond donors (Lipinski definition) is 2. The maximum absolute atomic E-state index is 13.7. The Kier molecular flexibility index (Phi) is 4.60. The van der Waals surface area contributed by atoms with Crippen LogP contribution in [0.15, 0.2) is 47.1 Å². The van der Waals surface area contributed by atoms with Crippen LogP contribution < -0.4 is 10.6 Å². The zero-order valence-electron chi connectivity index (χ0n) is 15.7. The molecule has 1 aromatic carbocycles. The number of halogens is 3. The van der Waals surface area contributed by atoms with Crippen LogP contribution in [0.25, 0.3) is 0 Å². The summed E-state index contributed by atoms with van der Waals surface area (Å²) >= 11 is 0. The smallest absolute Gasteiger partial charge is 0.410 e. The number of fused-ring (bicyclic) bond motifs is 1. The summed E-state index contributed by atoms with van der Waals surface area (Å²) in [6.45, 7) is 3.69. The van der Waals surface area contributed by atoms with E-state index in [9.17, 15) is 18.0 Å². The molecule has 0 saturated heterocycles. The molecule has 6 nitrogen and oxygen atoms in total. The van der Waals surface area contributed by atoms with Gasteiger partial charge in [0, 0.05) is 18.2 Å². The first-order valence-corrected chi connectivity index (χ1v) is 9.08. The van der Waals surface area contributed by atoms with Crippen LogP contribution in [0.5, 0.6) is 0 Å². The predicted octanol–water partition coefficient (Wildman–Crippen LogP) is 5.01. The molecule has 1 aliphatic heterocycles. The highest BCUT2D eigenvalue weighted by molar-refractivity contribution is 6.04. The third-order valence-corrected chi connectivity index (χ3v) is 5.03. The first-order valence-electron chi connectivity index (χ1n) is 9.08. The molecule has 2 N–H and O–H groups in total. The molecule has 3 heterocycles. The lowest BCUT2D eigenvalue weighted by Crippen LogP contribution is -2.35. The Hall–Kier alpha value is -3.23. The van der Waals surface area contributed by atoms with Crippen molar-refractivity contribution in [1.29, 1.82) is 0 Å². The molecular weight excluding hydrogens is 385 g/mol. The molecule has 0 spiro atoms. The van der Waals surface area contributed by atoms with Crippen molar-refractivity contribution in [2.45, 2.75) is 38.5 Å². The Morgan fingerprint density at radius 1 is 1.24 bits per heavy atom. The van der Waals surface area contributed by atoms with E-state index in [0.29, 0.717) is 11.4 Å². The number of carbonyl (C=O) groups is 1. The van der Waals surface area contributed by atoms with E-state index in [4.69, 9.17) is 4.42 Å². The van der Waals surface area contributed by atoms with Crippen molar-refractivity contribution >= 4 is 17.4 Å². The van der Waals surface area contributed by atoms with E-state index >= 15 is 0 Å². The van der Waals surface area contributed by atoms with E-state index in [0.717, 1.165) is 15.8 Å². The molecular formula is C20H19F3N4O2. The topological polar surface area (TPSA) is 72.1 Å². The Morgan fingerprint density at radius 2 is 1.97 bits per heavy atom. The van der Waals surface area contributed by atoms with Gasteiger partial charge in [0.05, 0.1) is 12.3 Å². The number of nitrogens with one attached hydrogen (secondary N) is 2. The van der Waals surface area contributed by atoms with Crippen LogP contribution in [-0.4, -0.2) is 21.9 Å². The van der Waals surface area contributed by atoms with Crippen LogP contribution in [0.2, 0.25) is 0 Å². The maximum atomic E-state index is 13.7. The van der Waals surface area contributed by atoms with Crippen LogP contribution in [0.3, 0.4) is 0 Å². The third-order valence-electron chi connectivity index (χ3n) is 5.03. The highest BCUT2D eigenvalue weighted by atomic mass is 19.4. The SMILES string of the molecule is Cc1cccc(C)c1NC(=O)c1cc2n(n1)[C@H](C(F)(F)F)C[C@H](c1ccco1)N2. The molecule has 0 saturated carbocycles. The molecule has 1 amide bonds. The second-order valence-electron chi connectivity index (χ2n) is 7.09. The minimum atomic E-state index is -4.52. The molecule has 0 bridgehead atoms. The van der Waals surface area contributed by atoms with Gasteiger partial charge in [-0.15, -0.1) is 0 Å². The van der Waals surface area contributed by atoms with Gasteiger partial charge < -0.3 is 15.1 Å². The average Bonchev–Trinajstić information content (AvgIpc) is 3.32. The first-order chi connectivity index (χ1) is 13.7. The summed E-state index contributed by atoms with van der Waals surface area (Å²) in [7, 11) is 0. The van der Waals surface area contributed by atoms with Gasteiger partial charge in [0.25, 0.3) is 5.91 Å². The van der Waals surface area contributed by atoms with Crippen molar-refractivity contribution in [3.05, 3.63) is 65.2 Å². The Labute approximate surface area is 164 Å². The number of amides is 1. The Morgan fingerprint density at radius 3 is 2.59 bits per heavy atom. The fourth-order valence-corrected chi connectivity index (χ4v) is 3.55. The van der Waals surface area contributed by atoms with Gasteiger partial charge in [0.2, 0.25) is 0 Å². The molecule has 3 aromatic rings. The Balaban J connectivity index is 1.66. The van der Waals surface area contributed by atoms with Crippen molar-refractivity contribution in [2.24, 2.45) is 0 Å². The molecule has 2 aromatic heterocycles. The highest BCUT2D eigenvalue weighted by Gasteiger charge is 2.47. The zero-order valence-corrected chi connectivity index (χ0v) is 15.7. The quantitative estimate of drug-likeness (QED) is 0.644. The second-order valence-corrected chi connectivity index (χ2v) is 7.09. The molecule has 152 valence electrons. The van der Waals surface area contributed by atoms with E-state index in [2.05, 4.69) is 15.7 Å². The summed E-state index contributed by atoms with van der Waals surface area (Å²) in [5.74, 6) is -0.0542. The molecule has 0 radical (unpaired) electrons. The van der Waals surface area contributed by atoms with Crippen LogP contribution in [0.1, 0.15) is 45.9 Å². The van der Waals surface area contributed by atoms with Crippen LogP contribution in [0.4, 0.5) is 24.7 Å². The summed E-state index contributed by atoms with van der Waals surface area (Å²) in [6, 6.07) is 7.58. The fraction of sp³-hybridized carbons (Fsp3) is 0.300. The lowest BCUT2D eigenvalue weighted by atomic mass is 10.0. The van der Waals surface area contributed by atoms with Gasteiger partial charge >= 0.3 is 6.18 Å². The summed E-state index contributed by atoms with van der Waals surface area (Å²) in [5, 5.41) is 9.71. The number of carbonyl (C=O) groups excluding carboxylic acids is 1. The second kappa shape index (κ2) is 6.98. The molecule has 2 atom stereocenters. The molecule has 0 fully saturated rings. The number of benzene rings is 1. The molecule has 1 aliphatic rings. The van der Waals surface area contributed by atoms with Crippen molar-refractivity contribution in [1.82, 2.24) is 9.78 Å². The van der Waals surface area contributed by atoms with E-state index in [1.54, 1.807) is 12.1 Å². The molecule has 9 heteroatoms. The number of nitrogens with zero attached hydrogens (tertiary/aromatic N) is 2. The standard InChI is InChI=1S/C20H19F3N4O2/c1-11-5-3-6-12(2)18(11)25-19(28)14-10-17-24-13(15-7-4-8-29-15)9-16(20(21,22)23)27(17)26-14/h3-8,10,13,16,24H,9H2,1-2H3,(H,25,28)/t13-,16+/m1/s1. The molecule has 0 unspecified atom stereocenters. The van der Waals surface area contributed by atoms with E-state index < -0.39 is 24.2 Å². The maximum Gasteiger partial charge on any atom is 0.410 e. The van der Waals surface area contributed by atoms with E-state index in [1.165, 1.54) is 12.3 Å². The summed E-state index contributed by atoms with van der Waals surface area (Å²) in [6.07, 6.45) is -3.40. The number of furan rings is 1. The fourth-order valence-electron chi connectivity index (χ4n) is 3.55. The molecule has 29 heavy (non-hydrogen) atoms. The van der Waals surface area contributed by atoms with Crippen molar-refractivity contribution in [2.75, 3.05) is 10.6 Å². The summed E-state index contributed by atoms with van der Waals surface area (Å²) in [4.78, 5) is 12.7. The first kappa shape index (κ1) is 19.1. The summed E-state index contributed by atoms with van der Waals surface area (Å²) < 4.78 is 47.1. The van der Waals surface area contributed by atoms with Crippen molar-refractivity contribution < 1.29 is 22.4 Å². The van der Waals surface area contributed by atoms with E-state index in [1.807, 2.05) is 32.0 Å². The zero-order chi connectivity index (χ0) is 20.8. The van der Waals surface area contributed by atoms with Crippen molar-refractivity contribution in [3.8, 4) is 0 Å². The largest absolute Gasteiger partial charge is 0.467 e. The average molecular weight is 404 g/mol. The number of para-hydroxylation sites is 1. The van der Waals surface area contributed by atoms with Gasteiger partial charge in [-0.1, -0.05) is 18.2 Å².